The molecule has 6 N–H and O–H groups in total. The minimum atomic E-state index is -0.190. The van der Waals surface area contributed by atoms with E-state index in [4.69, 9.17) is 5.21 Å². The minimum Gasteiger partial charge on any atom is -0.379 e. The Balaban J connectivity index is 3.14. The van der Waals surface area contributed by atoms with E-state index in [1.165, 1.54) is 5.16 Å². The Morgan fingerprint density at radius 1 is 1.60 bits per heavy atom. The smallest absolute Gasteiger partial charge is 0.375 e. The highest BCUT2D eigenvalue weighted by Gasteiger charge is 1.73. The first-order valence-corrected chi connectivity index (χ1v) is 1.05. The van der Waals surface area contributed by atoms with Gasteiger partial charge >= 0.3 is 5.96 Å². The molecule has 0 saturated carbocycles. The highest BCUT2D eigenvalue weighted by molar-refractivity contribution is 5.68. The molecule has 0 fully saturated rings. The van der Waals surface area contributed by atoms with Crippen LogP contribution in [0, 0.1) is 0 Å². The minimum absolute atomic E-state index is 0.190. The van der Waals surface area contributed by atoms with Crippen molar-refractivity contribution >= 4 is 5.96 Å². The molecule has 0 atom stereocenters. The zero-order valence-corrected chi connectivity index (χ0v) is 2.60. The third kappa shape index (κ3) is 3.07. The van der Waals surface area contributed by atoms with E-state index in [1.54, 1.807) is 0 Å². The van der Waals surface area contributed by atoms with Crippen LogP contribution in [0.3, 0.4) is 0 Å². The predicted molar refractivity (Wildman–Crippen MR) is 16.1 cm³/mol. The van der Waals surface area contributed by atoms with E-state index in [0.717, 1.165) is 0 Å². The first-order valence-electron chi connectivity index (χ1n) is 1.05. The lowest BCUT2D eigenvalue weighted by atomic mass is 11.1. The molecule has 0 aromatic carbocycles. The lowest BCUT2D eigenvalue weighted by Crippen LogP contribution is -2.74. The van der Waals surface area contributed by atoms with E-state index in [2.05, 4.69) is 11.5 Å². The van der Waals surface area contributed by atoms with Gasteiger partial charge in [-0.15, -0.1) is 5.16 Å². The van der Waals surface area contributed by atoms with Crippen molar-refractivity contribution in [3.8, 4) is 0 Å². The van der Waals surface area contributed by atoms with Crippen molar-refractivity contribution < 1.29 is 10.4 Å². The molecular weight excluding hydrogens is 70.0 g/mol. The maximum atomic E-state index is 7.61. The highest BCUT2D eigenvalue weighted by Crippen LogP contribution is 0.967. The average molecular weight is 76.1 g/mol. The summed E-state index contributed by atoms with van der Waals surface area (Å²) in [5.41, 5.74) is 9.25. The van der Waals surface area contributed by atoms with Crippen molar-refractivity contribution in [2.24, 2.45) is 11.5 Å². The van der Waals surface area contributed by atoms with Crippen LogP contribution >= 0.6 is 0 Å². The Kier molecular flexibility index (Phi) is 1.14. The van der Waals surface area contributed by atoms with Gasteiger partial charge in [0.15, 0.2) is 0 Å². The van der Waals surface area contributed by atoms with Gasteiger partial charge < -0.3 is 5.21 Å². The average Bonchev–Trinajstić information content (AvgIpc) is 1.38. The summed E-state index contributed by atoms with van der Waals surface area (Å²) in [6.45, 7) is 0. The molecule has 0 aromatic rings. The number of rotatable bonds is 0. The Hall–Kier alpha value is -0.930. The monoisotopic (exact) mass is 76.1 g/mol. The van der Waals surface area contributed by atoms with Crippen LogP contribution in [-0.2, 0) is 0 Å². The number of hydrogen-bond acceptors (Lipinski definition) is 1. The summed E-state index contributed by atoms with van der Waals surface area (Å²) in [5, 5.41) is 9.11. The molecule has 0 heterocycles. The molecule has 0 spiro atoms. The fourth-order valence-electron chi connectivity index (χ4n) is 0. The van der Waals surface area contributed by atoms with Crippen LogP contribution in [0.5, 0.6) is 0 Å². The molecule has 0 aliphatic carbocycles. The summed E-state index contributed by atoms with van der Waals surface area (Å²) < 4.78 is 0. The number of hydrogen-bond donors (Lipinski definition) is 4. The van der Waals surface area contributed by atoms with Gasteiger partial charge in [0.2, 0.25) is 0 Å². The molecule has 0 rings (SSSR count). The van der Waals surface area contributed by atoms with Crippen molar-refractivity contribution in [3.63, 3.8) is 0 Å². The molecule has 0 radical (unpaired) electrons. The molecule has 0 saturated heterocycles. The van der Waals surface area contributed by atoms with Gasteiger partial charge in [-0.05, 0) is 0 Å². The van der Waals surface area contributed by atoms with E-state index in [1.807, 2.05) is 0 Å². The van der Waals surface area contributed by atoms with E-state index in [-0.39, 0.29) is 5.96 Å². The first-order chi connectivity index (χ1) is 2.27. The lowest BCUT2D eigenvalue weighted by molar-refractivity contribution is -0.738. The van der Waals surface area contributed by atoms with Crippen molar-refractivity contribution in [1.82, 2.24) is 0 Å². The summed E-state index contributed by atoms with van der Waals surface area (Å²) >= 11 is 0. The van der Waals surface area contributed by atoms with Crippen molar-refractivity contribution in [1.29, 1.82) is 0 Å². The molecular formula is CH6N3O+. The maximum Gasteiger partial charge on any atom is 0.375 e. The van der Waals surface area contributed by atoms with Crippen LogP contribution in [0.4, 0.5) is 0 Å². The number of guanidine groups is 1. The van der Waals surface area contributed by atoms with E-state index in [0.29, 0.717) is 0 Å². The Morgan fingerprint density at radius 3 is 1.80 bits per heavy atom. The molecule has 0 aliphatic heterocycles. The summed E-state index contributed by atoms with van der Waals surface area (Å²) in [7, 11) is 0. The lowest BCUT2D eigenvalue weighted by Gasteiger charge is -1.68. The van der Waals surface area contributed by atoms with Crippen LogP contribution in [-0.4, -0.2) is 11.2 Å². The third-order valence-electron chi connectivity index (χ3n) is 0.129. The molecule has 5 heavy (non-hydrogen) atoms. The van der Waals surface area contributed by atoms with E-state index < -0.39 is 0 Å². The summed E-state index contributed by atoms with van der Waals surface area (Å²) in [5.74, 6) is -0.190. The molecule has 0 aliphatic rings. The molecule has 0 bridgehead atoms. The van der Waals surface area contributed by atoms with Gasteiger partial charge in [-0.2, -0.15) is 0 Å². The molecule has 30 valence electrons. The third-order valence-corrected chi connectivity index (χ3v) is 0.129. The quantitative estimate of drug-likeness (QED) is 0.106. The van der Waals surface area contributed by atoms with Gasteiger partial charge in [-0.1, -0.05) is 0 Å². The zero-order valence-electron chi connectivity index (χ0n) is 2.60. The second kappa shape index (κ2) is 1.40. The Labute approximate surface area is 29.1 Å². The first kappa shape index (κ1) is 4.07. The van der Waals surface area contributed by atoms with Crippen LogP contribution in [0.25, 0.3) is 0 Å². The second-order valence-corrected chi connectivity index (χ2v) is 0.567. The molecule has 4 heteroatoms. The van der Waals surface area contributed by atoms with Gasteiger partial charge in [0.25, 0.3) is 0 Å². The standard InChI is InChI=1S/CH5N3O/c2-1(3)4-5/h5H,(H4,2,3,4)/p+1. The molecule has 0 aromatic heterocycles. The van der Waals surface area contributed by atoms with E-state index >= 15 is 0 Å². The summed E-state index contributed by atoms with van der Waals surface area (Å²) in [6, 6.07) is 0. The van der Waals surface area contributed by atoms with Crippen molar-refractivity contribution in [3.05, 3.63) is 0 Å². The van der Waals surface area contributed by atoms with Gasteiger partial charge in [-0.3, -0.25) is 11.5 Å². The van der Waals surface area contributed by atoms with Crippen molar-refractivity contribution in [2.45, 2.75) is 0 Å². The SMILES string of the molecule is NC(N)=[NH+]O. The van der Waals surface area contributed by atoms with Crippen LogP contribution in [0.2, 0.25) is 0 Å². The predicted octanol–water partition coefficient (Wildman–Crippen LogP) is -3.27. The Morgan fingerprint density at radius 2 is 1.80 bits per heavy atom. The van der Waals surface area contributed by atoms with Crippen LogP contribution in [0.15, 0.2) is 0 Å². The fourth-order valence-corrected chi connectivity index (χ4v) is 0. The van der Waals surface area contributed by atoms with Gasteiger partial charge in [0.1, 0.15) is 0 Å². The van der Waals surface area contributed by atoms with Crippen LogP contribution in [0.1, 0.15) is 0 Å². The summed E-state index contributed by atoms with van der Waals surface area (Å²) in [6.07, 6.45) is 0. The van der Waals surface area contributed by atoms with Crippen LogP contribution < -0.4 is 16.6 Å². The molecule has 0 unspecified atom stereocenters. The normalized spacial score (nSPS) is 6.40. The number of nitrogens with two attached hydrogens (primary N) is 2. The maximum absolute atomic E-state index is 7.61. The second-order valence-electron chi connectivity index (χ2n) is 0.567. The molecule has 4 nitrogen and oxygen atoms in total. The van der Waals surface area contributed by atoms with Gasteiger partial charge in [-0.25, -0.2) is 0 Å². The fraction of sp³-hybridized carbons (Fsp3) is 0. The number of nitrogens with one attached hydrogen (secondary N) is 1. The van der Waals surface area contributed by atoms with Crippen molar-refractivity contribution in [2.75, 3.05) is 0 Å². The van der Waals surface area contributed by atoms with Gasteiger partial charge in [0, 0.05) is 0 Å². The largest absolute Gasteiger partial charge is 0.379 e. The zero-order chi connectivity index (χ0) is 4.28. The Bertz CT molecular complexity index is 44.9. The molecule has 0 amide bonds. The van der Waals surface area contributed by atoms with Gasteiger partial charge in [0.05, 0.1) is 0 Å². The topological polar surface area (TPSA) is 86.2 Å². The summed E-state index contributed by atoms with van der Waals surface area (Å²) in [4.78, 5) is 0. The highest BCUT2D eigenvalue weighted by atomic mass is 16.4. The van der Waals surface area contributed by atoms with E-state index in [9.17, 15) is 0 Å².